The number of carbonyl (C=O) groups excluding carboxylic acids is 1. The molecule has 0 fully saturated rings. The first-order valence-corrected chi connectivity index (χ1v) is 9.19. The van der Waals surface area contributed by atoms with E-state index in [1.54, 1.807) is 31.0 Å². The van der Waals surface area contributed by atoms with Crippen molar-refractivity contribution in [3.63, 3.8) is 0 Å². The summed E-state index contributed by atoms with van der Waals surface area (Å²) in [5, 5.41) is 7.67. The SMILES string of the molecule is COc1ccc(-c2cc(C(=O)NCC(C)C)n(-c3ccccc3)n2)c(OC)c1. The maximum atomic E-state index is 12.8. The second kappa shape index (κ2) is 8.61. The van der Waals surface area contributed by atoms with Gasteiger partial charge in [-0.3, -0.25) is 4.79 Å². The Morgan fingerprint density at radius 2 is 1.82 bits per heavy atom. The van der Waals surface area contributed by atoms with Crippen molar-refractivity contribution < 1.29 is 14.3 Å². The van der Waals surface area contributed by atoms with Crippen LogP contribution in [0.2, 0.25) is 0 Å². The van der Waals surface area contributed by atoms with Gasteiger partial charge in [0.05, 0.1) is 25.6 Å². The molecule has 0 aliphatic rings. The maximum absolute atomic E-state index is 12.8. The van der Waals surface area contributed by atoms with Gasteiger partial charge in [0, 0.05) is 18.2 Å². The number of hydrogen-bond donors (Lipinski definition) is 1. The van der Waals surface area contributed by atoms with Crippen LogP contribution in [0.1, 0.15) is 24.3 Å². The molecule has 2 aromatic carbocycles. The number of hydrogen-bond acceptors (Lipinski definition) is 4. The zero-order valence-electron chi connectivity index (χ0n) is 16.6. The van der Waals surface area contributed by atoms with Crippen molar-refractivity contribution in [3.8, 4) is 28.4 Å². The van der Waals surface area contributed by atoms with Gasteiger partial charge in [0.15, 0.2) is 0 Å². The van der Waals surface area contributed by atoms with Gasteiger partial charge in [-0.25, -0.2) is 4.68 Å². The first-order chi connectivity index (χ1) is 13.5. The Hall–Kier alpha value is -3.28. The molecular formula is C22H25N3O3. The third-order valence-electron chi connectivity index (χ3n) is 4.30. The van der Waals surface area contributed by atoms with Crippen LogP contribution in [-0.2, 0) is 0 Å². The molecule has 6 heteroatoms. The number of amides is 1. The van der Waals surface area contributed by atoms with Crippen molar-refractivity contribution in [1.82, 2.24) is 15.1 Å². The lowest BCUT2D eigenvalue weighted by Gasteiger charge is -2.09. The fourth-order valence-electron chi connectivity index (χ4n) is 2.84. The monoisotopic (exact) mass is 379 g/mol. The molecule has 146 valence electrons. The number of carbonyl (C=O) groups is 1. The number of nitrogens with zero attached hydrogens (tertiary/aromatic N) is 2. The average Bonchev–Trinajstić information content (AvgIpc) is 3.17. The largest absolute Gasteiger partial charge is 0.497 e. The lowest BCUT2D eigenvalue weighted by molar-refractivity contribution is 0.0941. The summed E-state index contributed by atoms with van der Waals surface area (Å²) < 4.78 is 12.4. The van der Waals surface area contributed by atoms with Crippen LogP contribution in [0.5, 0.6) is 11.5 Å². The number of aromatic nitrogens is 2. The topological polar surface area (TPSA) is 65.4 Å². The zero-order valence-corrected chi connectivity index (χ0v) is 16.6. The first-order valence-electron chi connectivity index (χ1n) is 9.19. The summed E-state index contributed by atoms with van der Waals surface area (Å²) >= 11 is 0. The lowest BCUT2D eigenvalue weighted by atomic mass is 10.1. The predicted molar refractivity (Wildman–Crippen MR) is 109 cm³/mol. The number of rotatable bonds is 7. The van der Waals surface area contributed by atoms with Crippen LogP contribution in [0.25, 0.3) is 16.9 Å². The van der Waals surface area contributed by atoms with Crippen molar-refractivity contribution in [1.29, 1.82) is 0 Å². The average molecular weight is 379 g/mol. The molecular weight excluding hydrogens is 354 g/mol. The van der Waals surface area contributed by atoms with Gasteiger partial charge in [0.25, 0.3) is 5.91 Å². The smallest absolute Gasteiger partial charge is 0.270 e. The third-order valence-corrected chi connectivity index (χ3v) is 4.30. The van der Waals surface area contributed by atoms with Crippen molar-refractivity contribution in [2.45, 2.75) is 13.8 Å². The Balaban J connectivity index is 2.08. The molecule has 0 bridgehead atoms. The van der Waals surface area contributed by atoms with E-state index in [0.717, 1.165) is 11.3 Å². The highest BCUT2D eigenvalue weighted by Gasteiger charge is 2.19. The Bertz CT molecular complexity index is 949. The van der Waals surface area contributed by atoms with Crippen LogP contribution in [0.3, 0.4) is 0 Å². The Kier molecular flexibility index (Phi) is 5.99. The molecule has 1 amide bonds. The van der Waals surface area contributed by atoms with Gasteiger partial charge in [-0.1, -0.05) is 32.0 Å². The second-order valence-corrected chi connectivity index (χ2v) is 6.83. The van der Waals surface area contributed by atoms with Gasteiger partial charge in [-0.05, 0) is 36.2 Å². The van der Waals surface area contributed by atoms with E-state index >= 15 is 0 Å². The normalized spacial score (nSPS) is 10.8. The minimum Gasteiger partial charge on any atom is -0.497 e. The molecule has 0 saturated carbocycles. The second-order valence-electron chi connectivity index (χ2n) is 6.83. The summed E-state index contributed by atoms with van der Waals surface area (Å²) in [6.45, 7) is 4.71. The fourth-order valence-corrected chi connectivity index (χ4v) is 2.84. The zero-order chi connectivity index (χ0) is 20.1. The van der Waals surface area contributed by atoms with Crippen molar-refractivity contribution >= 4 is 5.91 Å². The Morgan fingerprint density at radius 3 is 2.46 bits per heavy atom. The van der Waals surface area contributed by atoms with Gasteiger partial charge in [-0.2, -0.15) is 5.10 Å². The van der Waals surface area contributed by atoms with Gasteiger partial charge in [0.2, 0.25) is 0 Å². The molecule has 0 aliphatic carbocycles. The highest BCUT2D eigenvalue weighted by Crippen LogP contribution is 2.33. The molecule has 6 nitrogen and oxygen atoms in total. The molecule has 3 rings (SSSR count). The molecule has 1 N–H and O–H groups in total. The molecule has 1 aromatic heterocycles. The summed E-state index contributed by atoms with van der Waals surface area (Å²) in [6.07, 6.45) is 0. The molecule has 0 aliphatic heterocycles. The number of ether oxygens (including phenoxy) is 2. The van der Waals surface area contributed by atoms with Crippen molar-refractivity contribution in [2.75, 3.05) is 20.8 Å². The highest BCUT2D eigenvalue weighted by molar-refractivity contribution is 5.94. The first kappa shape index (κ1) is 19.5. The van der Waals surface area contributed by atoms with Gasteiger partial charge < -0.3 is 14.8 Å². The molecule has 0 radical (unpaired) electrons. The summed E-state index contributed by atoms with van der Waals surface area (Å²) in [4.78, 5) is 12.8. The standard InChI is InChI=1S/C22H25N3O3/c1-15(2)14-23-22(26)20-13-19(24-25(20)16-8-6-5-7-9-16)18-11-10-17(27-3)12-21(18)28-4/h5-13,15H,14H2,1-4H3,(H,23,26). The highest BCUT2D eigenvalue weighted by atomic mass is 16.5. The minimum atomic E-state index is -0.163. The molecule has 0 unspecified atom stereocenters. The van der Waals surface area contributed by atoms with E-state index in [2.05, 4.69) is 19.2 Å². The summed E-state index contributed by atoms with van der Waals surface area (Å²) in [7, 11) is 3.21. The number of para-hydroxylation sites is 1. The van der Waals surface area contributed by atoms with E-state index in [0.29, 0.717) is 35.3 Å². The predicted octanol–water partition coefficient (Wildman–Crippen LogP) is 3.94. The van der Waals surface area contributed by atoms with E-state index < -0.39 is 0 Å². The summed E-state index contributed by atoms with van der Waals surface area (Å²) in [5.41, 5.74) is 2.73. The van der Waals surface area contributed by atoms with Gasteiger partial charge in [0.1, 0.15) is 17.2 Å². The maximum Gasteiger partial charge on any atom is 0.270 e. The van der Waals surface area contributed by atoms with E-state index in [1.807, 2.05) is 42.5 Å². The van der Waals surface area contributed by atoms with Crippen LogP contribution in [0.4, 0.5) is 0 Å². The minimum absolute atomic E-state index is 0.163. The quantitative estimate of drug-likeness (QED) is 0.675. The van der Waals surface area contributed by atoms with Crippen molar-refractivity contribution in [3.05, 3.63) is 60.3 Å². The number of methoxy groups -OCH3 is 2. The van der Waals surface area contributed by atoms with Crippen LogP contribution < -0.4 is 14.8 Å². The lowest BCUT2D eigenvalue weighted by Crippen LogP contribution is -2.29. The van der Waals surface area contributed by atoms with E-state index in [9.17, 15) is 4.79 Å². The van der Waals surface area contributed by atoms with Crippen LogP contribution in [-0.4, -0.2) is 36.5 Å². The third kappa shape index (κ3) is 4.17. The summed E-state index contributed by atoms with van der Waals surface area (Å²) in [6, 6.07) is 16.9. The van der Waals surface area contributed by atoms with Crippen LogP contribution in [0.15, 0.2) is 54.6 Å². The Labute approximate surface area is 165 Å². The molecule has 0 spiro atoms. The fraction of sp³-hybridized carbons (Fsp3) is 0.273. The molecule has 28 heavy (non-hydrogen) atoms. The molecule has 0 saturated heterocycles. The Morgan fingerprint density at radius 1 is 1.07 bits per heavy atom. The van der Waals surface area contributed by atoms with E-state index in [-0.39, 0.29) is 5.91 Å². The molecule has 3 aromatic rings. The van der Waals surface area contributed by atoms with Gasteiger partial charge >= 0.3 is 0 Å². The van der Waals surface area contributed by atoms with Crippen molar-refractivity contribution in [2.24, 2.45) is 5.92 Å². The summed E-state index contributed by atoms with van der Waals surface area (Å²) in [5.74, 6) is 1.52. The van der Waals surface area contributed by atoms with E-state index in [4.69, 9.17) is 14.6 Å². The molecule has 0 atom stereocenters. The van der Waals surface area contributed by atoms with Crippen LogP contribution in [0, 0.1) is 5.92 Å². The molecule has 1 heterocycles. The number of nitrogens with one attached hydrogen (secondary N) is 1. The number of benzene rings is 2. The van der Waals surface area contributed by atoms with E-state index in [1.165, 1.54) is 0 Å². The van der Waals surface area contributed by atoms with Gasteiger partial charge in [-0.15, -0.1) is 0 Å². The van der Waals surface area contributed by atoms with Crippen LogP contribution >= 0.6 is 0 Å².